The second-order valence-corrected chi connectivity index (χ2v) is 5.52. The van der Waals surface area contributed by atoms with E-state index in [1.807, 2.05) is 0 Å². The van der Waals surface area contributed by atoms with E-state index in [-0.39, 0.29) is 22.4 Å². The number of carbonyl (C=O) groups is 4. The van der Waals surface area contributed by atoms with E-state index in [0.717, 1.165) is 4.90 Å². The summed E-state index contributed by atoms with van der Waals surface area (Å²) in [5.41, 5.74) is 1.46. The zero-order valence-corrected chi connectivity index (χ0v) is 13.7. The molecule has 0 fully saturated rings. The van der Waals surface area contributed by atoms with Gasteiger partial charge in [0, 0.05) is 5.56 Å². The van der Waals surface area contributed by atoms with E-state index in [4.69, 9.17) is 0 Å². The minimum atomic E-state index is -0.580. The Morgan fingerprint density at radius 2 is 1.52 bits per heavy atom. The molecule has 2 amide bonds. The van der Waals surface area contributed by atoms with E-state index >= 15 is 0 Å². The molecule has 0 atom stereocenters. The van der Waals surface area contributed by atoms with Crippen LogP contribution in [0.15, 0.2) is 42.5 Å². The second kappa shape index (κ2) is 6.35. The largest absolute Gasteiger partial charge is 0.465 e. The second-order valence-electron chi connectivity index (χ2n) is 5.52. The van der Waals surface area contributed by atoms with Crippen molar-refractivity contribution >= 4 is 36.4 Å². The Morgan fingerprint density at radius 3 is 2.12 bits per heavy atom. The number of nitrogens with zero attached hydrogens (tertiary/aromatic N) is 1. The minimum Gasteiger partial charge on any atom is -0.465 e. The third-order valence-corrected chi connectivity index (χ3v) is 4.08. The summed E-state index contributed by atoms with van der Waals surface area (Å²) in [5, 5.41) is 0. The van der Waals surface area contributed by atoms with Crippen LogP contribution in [-0.4, -0.2) is 37.9 Å². The van der Waals surface area contributed by atoms with Crippen LogP contribution in [0.1, 0.15) is 41.4 Å². The van der Waals surface area contributed by atoms with Gasteiger partial charge in [-0.05, 0) is 30.3 Å². The lowest BCUT2D eigenvalue weighted by atomic mass is 9.73. The molecule has 0 aliphatic carbocycles. The lowest BCUT2D eigenvalue weighted by molar-refractivity contribution is 0.0600. The molecule has 0 radical (unpaired) electrons. The van der Waals surface area contributed by atoms with Gasteiger partial charge in [0.15, 0.2) is 0 Å². The van der Waals surface area contributed by atoms with Gasteiger partial charge in [0.05, 0.1) is 29.5 Å². The average molecular weight is 335 g/mol. The number of amides is 2. The maximum Gasteiger partial charge on any atom is 0.337 e. The number of imide groups is 1. The third-order valence-electron chi connectivity index (χ3n) is 4.08. The van der Waals surface area contributed by atoms with Gasteiger partial charge in [-0.15, -0.1) is 0 Å². The Bertz CT molecular complexity index is 904. The molecule has 7 heteroatoms. The van der Waals surface area contributed by atoms with Crippen molar-refractivity contribution in [1.82, 2.24) is 0 Å². The Hall–Kier alpha value is -3.22. The van der Waals surface area contributed by atoms with E-state index < -0.39 is 17.8 Å². The van der Waals surface area contributed by atoms with Gasteiger partial charge in [-0.2, -0.15) is 0 Å². The van der Waals surface area contributed by atoms with Crippen LogP contribution in [-0.2, 0) is 4.74 Å². The number of hydrogen-bond donors (Lipinski definition) is 0. The van der Waals surface area contributed by atoms with Crippen molar-refractivity contribution in [3.63, 3.8) is 0 Å². The van der Waals surface area contributed by atoms with Crippen molar-refractivity contribution < 1.29 is 23.9 Å². The molecule has 2 aromatic carbocycles. The van der Waals surface area contributed by atoms with Gasteiger partial charge in [-0.25, -0.2) is 9.69 Å². The molecule has 124 valence electrons. The maximum absolute atomic E-state index is 12.6. The van der Waals surface area contributed by atoms with Crippen LogP contribution in [0.5, 0.6) is 0 Å². The topological polar surface area (TPSA) is 80.8 Å². The molecule has 3 rings (SSSR count). The molecule has 1 aliphatic heterocycles. The Morgan fingerprint density at radius 1 is 0.920 bits per heavy atom. The Labute approximate surface area is 144 Å². The van der Waals surface area contributed by atoms with Crippen LogP contribution in [0, 0.1) is 0 Å². The number of esters is 1. The van der Waals surface area contributed by atoms with Crippen LogP contribution in [0.4, 0.5) is 5.69 Å². The number of anilines is 1. The van der Waals surface area contributed by atoms with Crippen LogP contribution in [0.2, 0.25) is 6.82 Å². The normalized spacial score (nSPS) is 12.8. The summed E-state index contributed by atoms with van der Waals surface area (Å²) < 4.78 is 4.64. The van der Waals surface area contributed by atoms with Gasteiger partial charge in [0.1, 0.15) is 5.68 Å². The summed E-state index contributed by atoms with van der Waals surface area (Å²) >= 11 is 0. The molecule has 6 nitrogen and oxygen atoms in total. The van der Waals surface area contributed by atoms with Crippen molar-refractivity contribution in [2.75, 3.05) is 12.0 Å². The van der Waals surface area contributed by atoms with Gasteiger partial charge >= 0.3 is 5.97 Å². The third kappa shape index (κ3) is 2.74. The van der Waals surface area contributed by atoms with Crippen molar-refractivity contribution in [3.8, 4) is 0 Å². The van der Waals surface area contributed by atoms with Gasteiger partial charge in [0.2, 0.25) is 7.28 Å². The fraction of sp³-hybridized carbons (Fsp3) is 0.111. The zero-order valence-electron chi connectivity index (χ0n) is 13.7. The summed E-state index contributed by atoms with van der Waals surface area (Å²) in [5.74, 6) is -1.56. The Balaban J connectivity index is 1.97. The number of hydrogen-bond acceptors (Lipinski definition) is 5. The SMILES string of the molecule is CBC(=O)c1ccc(N2C(=O)c3ccc(C(=O)OC)cc3C2=O)cc1. The molecular formula is C18H14BNO5. The van der Waals surface area contributed by atoms with E-state index in [9.17, 15) is 19.2 Å². The van der Waals surface area contributed by atoms with E-state index in [1.165, 1.54) is 25.3 Å². The highest BCUT2D eigenvalue weighted by Gasteiger charge is 2.37. The molecule has 0 N–H and O–H groups in total. The minimum absolute atomic E-state index is 0.0170. The van der Waals surface area contributed by atoms with E-state index in [1.54, 1.807) is 31.1 Å². The molecule has 0 aromatic heterocycles. The first kappa shape index (κ1) is 16.6. The molecule has 0 unspecified atom stereocenters. The first-order valence-electron chi connectivity index (χ1n) is 7.72. The predicted octanol–water partition coefficient (Wildman–Crippen LogP) is 1.90. The summed E-state index contributed by atoms with van der Waals surface area (Å²) in [6.07, 6.45) is 0. The highest BCUT2D eigenvalue weighted by Crippen LogP contribution is 2.29. The number of carbonyl (C=O) groups excluding carboxylic acids is 4. The van der Waals surface area contributed by atoms with Crippen LogP contribution < -0.4 is 4.90 Å². The van der Waals surface area contributed by atoms with Crippen molar-refractivity contribution in [2.24, 2.45) is 0 Å². The summed E-state index contributed by atoms with van der Waals surface area (Å²) in [4.78, 5) is 49.5. The number of rotatable bonds is 4. The molecule has 1 heterocycles. The molecule has 0 saturated carbocycles. The van der Waals surface area contributed by atoms with Crippen LogP contribution in [0.25, 0.3) is 0 Å². The lowest BCUT2D eigenvalue weighted by Gasteiger charge is -2.14. The first-order chi connectivity index (χ1) is 12.0. The molecule has 0 saturated heterocycles. The summed E-state index contributed by atoms with van der Waals surface area (Å²) in [6, 6.07) is 10.5. The average Bonchev–Trinajstić information content (AvgIpc) is 2.90. The highest BCUT2D eigenvalue weighted by atomic mass is 16.5. The smallest absolute Gasteiger partial charge is 0.337 e. The molecule has 25 heavy (non-hydrogen) atoms. The lowest BCUT2D eigenvalue weighted by Crippen LogP contribution is -2.29. The number of ether oxygens (including phenoxy) is 1. The standard InChI is InChI=1S/C18H14BNO5/c1-19-15(21)10-3-6-12(7-4-10)20-16(22)13-8-5-11(18(24)25-2)9-14(13)17(20)23/h3-9,19H,1-2H3. The fourth-order valence-electron chi connectivity index (χ4n) is 2.72. The quantitative estimate of drug-likeness (QED) is 0.484. The zero-order chi connectivity index (χ0) is 18.1. The first-order valence-corrected chi connectivity index (χ1v) is 7.72. The van der Waals surface area contributed by atoms with E-state index in [0.29, 0.717) is 18.5 Å². The Kier molecular flexibility index (Phi) is 4.23. The van der Waals surface area contributed by atoms with Crippen molar-refractivity contribution in [1.29, 1.82) is 0 Å². The molecule has 0 spiro atoms. The summed E-state index contributed by atoms with van der Waals surface area (Å²) in [6.45, 7) is 1.76. The molecule has 0 bridgehead atoms. The van der Waals surface area contributed by atoms with Crippen molar-refractivity contribution in [2.45, 2.75) is 6.82 Å². The van der Waals surface area contributed by atoms with Gasteiger partial charge in [-0.1, -0.05) is 19.0 Å². The molecule has 1 aliphatic rings. The van der Waals surface area contributed by atoms with Crippen LogP contribution >= 0.6 is 0 Å². The maximum atomic E-state index is 12.6. The molecule has 2 aromatic rings. The van der Waals surface area contributed by atoms with Crippen LogP contribution in [0.3, 0.4) is 0 Å². The number of methoxy groups -OCH3 is 1. The summed E-state index contributed by atoms with van der Waals surface area (Å²) in [7, 11) is 1.62. The highest BCUT2D eigenvalue weighted by molar-refractivity contribution is 6.76. The van der Waals surface area contributed by atoms with Gasteiger partial charge in [0.25, 0.3) is 11.8 Å². The van der Waals surface area contributed by atoms with E-state index in [2.05, 4.69) is 4.74 Å². The number of benzene rings is 2. The van der Waals surface area contributed by atoms with Crippen molar-refractivity contribution in [3.05, 3.63) is 64.7 Å². The van der Waals surface area contributed by atoms with Gasteiger partial charge < -0.3 is 9.53 Å². The van der Waals surface area contributed by atoms with Gasteiger partial charge in [-0.3, -0.25) is 9.59 Å². The predicted molar refractivity (Wildman–Crippen MR) is 92.7 cm³/mol. The monoisotopic (exact) mass is 335 g/mol. The number of fused-ring (bicyclic) bond motifs is 1. The fourth-order valence-corrected chi connectivity index (χ4v) is 2.72. The molecular weight excluding hydrogens is 321 g/mol.